The normalized spacial score (nSPS) is 14.5. The molecule has 0 unspecified atom stereocenters. The summed E-state index contributed by atoms with van der Waals surface area (Å²) in [5, 5.41) is 11.5. The third-order valence-electron chi connectivity index (χ3n) is 5.75. The second-order valence-corrected chi connectivity index (χ2v) is 7.78. The molecule has 0 saturated carbocycles. The minimum atomic E-state index is 0.122. The van der Waals surface area contributed by atoms with Crippen LogP contribution in [0.25, 0.3) is 27.8 Å². The molecule has 1 saturated heterocycles. The quantitative estimate of drug-likeness (QED) is 0.482. The van der Waals surface area contributed by atoms with Crippen LogP contribution in [0.15, 0.2) is 48.9 Å². The highest BCUT2D eigenvalue weighted by Gasteiger charge is 2.15. The van der Waals surface area contributed by atoms with E-state index in [2.05, 4.69) is 14.9 Å². The Morgan fingerprint density at radius 3 is 2.61 bits per heavy atom. The Bertz CT molecular complexity index is 1270. The lowest BCUT2D eigenvalue weighted by molar-refractivity contribution is 0.0336. The molecule has 1 aliphatic rings. The lowest BCUT2D eigenvalue weighted by Crippen LogP contribution is -2.35. The number of ether oxygens (including phenoxy) is 3. The Morgan fingerprint density at radius 1 is 1.03 bits per heavy atom. The van der Waals surface area contributed by atoms with Gasteiger partial charge in [-0.05, 0) is 30.3 Å². The average Bonchev–Trinajstić information content (AvgIpc) is 3.20. The molecule has 0 spiro atoms. The van der Waals surface area contributed by atoms with Crippen LogP contribution in [0.4, 0.5) is 0 Å². The second-order valence-electron chi connectivity index (χ2n) is 7.78. The van der Waals surface area contributed by atoms with E-state index in [1.165, 1.54) is 0 Å². The first-order valence-electron chi connectivity index (χ1n) is 10.7. The van der Waals surface area contributed by atoms with Crippen LogP contribution in [-0.4, -0.2) is 70.0 Å². The number of nitrogens with zero attached hydrogens (tertiary/aromatic N) is 5. The maximum absolute atomic E-state index is 10.8. The maximum atomic E-state index is 10.8. The fourth-order valence-electron chi connectivity index (χ4n) is 3.95. The molecule has 4 aromatic rings. The van der Waals surface area contributed by atoms with Crippen molar-refractivity contribution >= 4 is 10.9 Å². The number of pyridine rings is 3. The van der Waals surface area contributed by atoms with E-state index in [4.69, 9.17) is 19.2 Å². The molecule has 5 heterocycles. The predicted molar refractivity (Wildman–Crippen MR) is 123 cm³/mol. The molecule has 5 rings (SSSR count). The molecule has 33 heavy (non-hydrogen) atoms. The molecule has 0 aliphatic carbocycles. The Labute approximate surface area is 191 Å². The Morgan fingerprint density at radius 2 is 1.88 bits per heavy atom. The van der Waals surface area contributed by atoms with Gasteiger partial charge >= 0.3 is 0 Å². The molecule has 170 valence electrons. The van der Waals surface area contributed by atoms with Crippen molar-refractivity contribution in [2.75, 3.05) is 40.5 Å². The molecule has 0 aromatic carbocycles. The summed E-state index contributed by atoms with van der Waals surface area (Å²) in [6.45, 7) is 4.13. The fraction of sp³-hybridized carbons (Fsp3) is 0.292. The van der Waals surface area contributed by atoms with Gasteiger partial charge in [0.15, 0.2) is 5.75 Å². The molecule has 0 amide bonds. The van der Waals surface area contributed by atoms with Gasteiger partial charge in [0.25, 0.3) is 5.88 Å². The molecule has 9 nitrogen and oxygen atoms in total. The molecule has 0 bridgehead atoms. The topological polar surface area (TPSA) is 94.8 Å². The zero-order valence-corrected chi connectivity index (χ0v) is 18.6. The average molecular weight is 447 g/mol. The van der Waals surface area contributed by atoms with E-state index in [9.17, 15) is 5.11 Å². The van der Waals surface area contributed by atoms with Crippen LogP contribution in [0.1, 0.15) is 5.69 Å². The second kappa shape index (κ2) is 9.05. The van der Waals surface area contributed by atoms with Crippen LogP contribution in [0.2, 0.25) is 0 Å². The van der Waals surface area contributed by atoms with E-state index in [1.807, 2.05) is 30.3 Å². The molecule has 1 aliphatic heterocycles. The molecule has 4 aromatic heterocycles. The number of rotatable bonds is 6. The molecule has 1 fully saturated rings. The molecular formula is C24H25N5O4. The summed E-state index contributed by atoms with van der Waals surface area (Å²) in [7, 11) is 3.11. The summed E-state index contributed by atoms with van der Waals surface area (Å²) >= 11 is 0. The number of methoxy groups -OCH3 is 2. The number of hydrogen-bond acceptors (Lipinski definition) is 8. The highest BCUT2D eigenvalue weighted by molar-refractivity contribution is 5.87. The lowest BCUT2D eigenvalue weighted by Gasteiger charge is -2.26. The fourth-order valence-corrected chi connectivity index (χ4v) is 3.95. The van der Waals surface area contributed by atoms with Crippen LogP contribution in [-0.2, 0) is 11.3 Å². The Balaban J connectivity index is 1.42. The van der Waals surface area contributed by atoms with E-state index in [1.54, 1.807) is 37.4 Å². The summed E-state index contributed by atoms with van der Waals surface area (Å²) < 4.78 is 17.7. The van der Waals surface area contributed by atoms with Gasteiger partial charge in [-0.1, -0.05) is 0 Å². The van der Waals surface area contributed by atoms with Gasteiger partial charge in [0.2, 0.25) is 5.88 Å². The van der Waals surface area contributed by atoms with Gasteiger partial charge in [0.1, 0.15) is 0 Å². The molecule has 1 N–H and O–H groups in total. The van der Waals surface area contributed by atoms with Gasteiger partial charge in [-0.2, -0.15) is 0 Å². The number of fused-ring (bicyclic) bond motifs is 1. The van der Waals surface area contributed by atoms with Crippen LogP contribution in [0, 0.1) is 0 Å². The number of morpholine rings is 1. The van der Waals surface area contributed by atoms with Gasteiger partial charge in [0, 0.05) is 37.6 Å². The van der Waals surface area contributed by atoms with Crippen molar-refractivity contribution in [2.24, 2.45) is 0 Å². The number of hydrogen-bond donors (Lipinski definition) is 1. The molecule has 0 radical (unpaired) electrons. The summed E-state index contributed by atoms with van der Waals surface area (Å²) in [4.78, 5) is 15.9. The van der Waals surface area contributed by atoms with Gasteiger partial charge in [-0.3, -0.25) is 14.5 Å². The van der Waals surface area contributed by atoms with Gasteiger partial charge < -0.3 is 19.3 Å². The lowest BCUT2D eigenvalue weighted by atomic mass is 10.1. The standard InChI is InChI=1S/C24H25N5O4/c1-31-22-11-16(12-26-23(22)32-2)20-6-5-19-21(27-20)15-29(24(19)30)18-4-3-17(25-13-18)14-28-7-9-33-10-8-28/h3-6,11-13,15,30H,7-10,14H2,1-2H3. The van der Waals surface area contributed by atoms with Gasteiger partial charge in [-0.25, -0.2) is 9.97 Å². The summed E-state index contributed by atoms with van der Waals surface area (Å²) in [5.74, 6) is 1.06. The third-order valence-corrected chi connectivity index (χ3v) is 5.75. The van der Waals surface area contributed by atoms with Gasteiger partial charge in [-0.15, -0.1) is 0 Å². The minimum Gasteiger partial charge on any atom is -0.494 e. The Hall–Kier alpha value is -3.69. The van der Waals surface area contributed by atoms with E-state index >= 15 is 0 Å². The number of aromatic hydroxyl groups is 1. The zero-order valence-electron chi connectivity index (χ0n) is 18.6. The maximum Gasteiger partial charge on any atom is 0.256 e. The van der Waals surface area contributed by atoms with E-state index in [0.29, 0.717) is 28.2 Å². The van der Waals surface area contributed by atoms with E-state index < -0.39 is 0 Å². The molecular weight excluding hydrogens is 422 g/mol. The summed E-state index contributed by atoms with van der Waals surface area (Å²) in [5.41, 5.74) is 3.92. The number of aromatic nitrogens is 4. The largest absolute Gasteiger partial charge is 0.494 e. The van der Waals surface area contributed by atoms with Crippen molar-refractivity contribution in [2.45, 2.75) is 6.54 Å². The van der Waals surface area contributed by atoms with Crippen molar-refractivity contribution in [1.29, 1.82) is 0 Å². The van der Waals surface area contributed by atoms with Crippen LogP contribution < -0.4 is 9.47 Å². The van der Waals surface area contributed by atoms with Crippen molar-refractivity contribution in [3.63, 3.8) is 0 Å². The van der Waals surface area contributed by atoms with E-state index in [-0.39, 0.29) is 5.88 Å². The van der Waals surface area contributed by atoms with Crippen molar-refractivity contribution in [1.82, 2.24) is 24.4 Å². The molecule has 0 atom stereocenters. The van der Waals surface area contributed by atoms with Crippen molar-refractivity contribution in [3.05, 3.63) is 54.6 Å². The van der Waals surface area contributed by atoms with Crippen LogP contribution in [0.3, 0.4) is 0 Å². The predicted octanol–water partition coefficient (Wildman–Crippen LogP) is 3.04. The van der Waals surface area contributed by atoms with E-state index in [0.717, 1.165) is 49.8 Å². The summed E-state index contributed by atoms with van der Waals surface area (Å²) in [6, 6.07) is 9.47. The van der Waals surface area contributed by atoms with Gasteiger partial charge in [0.05, 0.1) is 61.6 Å². The van der Waals surface area contributed by atoms with Crippen LogP contribution >= 0.6 is 0 Å². The third kappa shape index (κ3) is 4.20. The zero-order chi connectivity index (χ0) is 22.8. The van der Waals surface area contributed by atoms with Crippen molar-refractivity contribution in [3.8, 4) is 34.5 Å². The van der Waals surface area contributed by atoms with Crippen LogP contribution in [0.5, 0.6) is 17.5 Å². The SMILES string of the molecule is COc1cc(-c2ccc3c(O)n(-c4ccc(CN5CCOCC5)nc4)cc3n2)cnc1OC. The first kappa shape index (κ1) is 21.2. The van der Waals surface area contributed by atoms with Crippen molar-refractivity contribution < 1.29 is 19.3 Å². The summed E-state index contributed by atoms with van der Waals surface area (Å²) in [6.07, 6.45) is 5.26. The monoisotopic (exact) mass is 447 g/mol. The highest BCUT2D eigenvalue weighted by atomic mass is 16.5. The highest BCUT2D eigenvalue weighted by Crippen LogP contribution is 2.33. The first-order chi connectivity index (χ1) is 16.2. The Kier molecular flexibility index (Phi) is 5.80. The first-order valence-corrected chi connectivity index (χ1v) is 10.7. The smallest absolute Gasteiger partial charge is 0.256 e. The molecule has 9 heteroatoms. The minimum absolute atomic E-state index is 0.122.